The monoisotopic (exact) mass is 300 g/mol. The lowest BCUT2D eigenvalue weighted by Gasteiger charge is -2.39. The Labute approximate surface area is 129 Å². The highest BCUT2D eigenvalue weighted by Crippen LogP contribution is 2.21. The first-order valence-corrected chi connectivity index (χ1v) is 8.08. The van der Waals surface area contributed by atoms with Crippen molar-refractivity contribution in [3.05, 3.63) is 0 Å². The van der Waals surface area contributed by atoms with Crippen LogP contribution in [0.15, 0.2) is 0 Å². The Morgan fingerprint density at radius 2 is 2.14 bits per heavy atom. The summed E-state index contributed by atoms with van der Waals surface area (Å²) in [7, 11) is 0. The van der Waals surface area contributed by atoms with E-state index in [1.54, 1.807) is 0 Å². The molecule has 0 bridgehead atoms. The van der Waals surface area contributed by atoms with Crippen molar-refractivity contribution in [2.45, 2.75) is 71.1 Å². The quantitative estimate of drug-likeness (QED) is 0.719. The maximum atomic E-state index is 11.7. The number of morpholine rings is 1. The average Bonchev–Trinajstić information content (AvgIpc) is 2.35. The molecule has 1 heterocycles. The molecule has 0 aromatic rings. The standard InChI is InChI=1S/C16H32N2O3/c1-6-16(14(19)20,17-13(2)3)8-7-9-18-10-11-21-15(4,5)12-18/h13,17H,6-12H2,1-5H3,(H,19,20). The van der Waals surface area contributed by atoms with Crippen LogP contribution in [0.5, 0.6) is 0 Å². The average molecular weight is 300 g/mol. The van der Waals surface area contributed by atoms with Gasteiger partial charge in [-0.2, -0.15) is 0 Å². The molecule has 0 aromatic heterocycles. The molecule has 21 heavy (non-hydrogen) atoms. The molecule has 5 nitrogen and oxygen atoms in total. The van der Waals surface area contributed by atoms with Crippen LogP contribution in [-0.4, -0.2) is 59.4 Å². The highest BCUT2D eigenvalue weighted by Gasteiger charge is 2.36. The van der Waals surface area contributed by atoms with E-state index < -0.39 is 11.5 Å². The van der Waals surface area contributed by atoms with E-state index in [2.05, 4.69) is 24.1 Å². The van der Waals surface area contributed by atoms with Crippen molar-refractivity contribution in [1.82, 2.24) is 10.2 Å². The Bertz CT molecular complexity index is 344. The largest absolute Gasteiger partial charge is 0.480 e. The van der Waals surface area contributed by atoms with Gasteiger partial charge in [-0.15, -0.1) is 0 Å². The molecule has 0 aliphatic carbocycles. The minimum absolute atomic E-state index is 0.0942. The second-order valence-corrected chi connectivity index (χ2v) is 7.03. The van der Waals surface area contributed by atoms with Crippen LogP contribution < -0.4 is 5.32 Å². The molecule has 1 aliphatic rings. The summed E-state index contributed by atoms with van der Waals surface area (Å²) in [6, 6.07) is 0.170. The number of nitrogens with one attached hydrogen (secondary N) is 1. The normalized spacial score (nSPS) is 22.2. The number of carbonyl (C=O) groups is 1. The molecule has 1 unspecified atom stereocenters. The zero-order chi connectivity index (χ0) is 16.1. The van der Waals surface area contributed by atoms with Crippen molar-refractivity contribution in [2.75, 3.05) is 26.2 Å². The second-order valence-electron chi connectivity index (χ2n) is 7.03. The van der Waals surface area contributed by atoms with Gasteiger partial charge in [0.1, 0.15) is 5.54 Å². The summed E-state index contributed by atoms with van der Waals surface area (Å²) < 4.78 is 5.71. The van der Waals surface area contributed by atoms with Crippen LogP contribution in [0.1, 0.15) is 53.9 Å². The predicted molar refractivity (Wildman–Crippen MR) is 84.6 cm³/mol. The molecule has 0 spiro atoms. The number of carboxylic acid groups (broad SMARTS) is 1. The van der Waals surface area contributed by atoms with E-state index in [-0.39, 0.29) is 11.6 Å². The number of ether oxygens (including phenoxy) is 1. The molecule has 0 amide bonds. The summed E-state index contributed by atoms with van der Waals surface area (Å²) >= 11 is 0. The summed E-state index contributed by atoms with van der Waals surface area (Å²) in [4.78, 5) is 14.1. The van der Waals surface area contributed by atoms with Crippen LogP contribution in [-0.2, 0) is 9.53 Å². The van der Waals surface area contributed by atoms with Gasteiger partial charge in [-0.3, -0.25) is 15.0 Å². The fraction of sp³-hybridized carbons (Fsp3) is 0.938. The zero-order valence-corrected chi connectivity index (χ0v) is 14.2. The fourth-order valence-electron chi connectivity index (χ4n) is 3.13. The maximum Gasteiger partial charge on any atom is 0.323 e. The van der Waals surface area contributed by atoms with Crippen LogP contribution in [0.25, 0.3) is 0 Å². The Balaban J connectivity index is 2.52. The maximum absolute atomic E-state index is 11.7. The van der Waals surface area contributed by atoms with E-state index in [9.17, 15) is 9.90 Å². The highest BCUT2D eigenvalue weighted by atomic mass is 16.5. The minimum atomic E-state index is -0.796. The molecular formula is C16H32N2O3. The molecule has 2 N–H and O–H groups in total. The van der Waals surface area contributed by atoms with E-state index in [1.165, 1.54) is 0 Å². The Hall–Kier alpha value is -0.650. The number of hydrogen-bond acceptors (Lipinski definition) is 4. The fourth-order valence-corrected chi connectivity index (χ4v) is 3.13. The van der Waals surface area contributed by atoms with E-state index >= 15 is 0 Å². The van der Waals surface area contributed by atoms with E-state index in [0.29, 0.717) is 12.8 Å². The number of nitrogens with zero attached hydrogens (tertiary/aromatic N) is 1. The van der Waals surface area contributed by atoms with E-state index in [0.717, 1.165) is 32.7 Å². The molecule has 0 aromatic carbocycles. The molecule has 5 heteroatoms. The molecule has 1 fully saturated rings. The molecule has 0 radical (unpaired) electrons. The zero-order valence-electron chi connectivity index (χ0n) is 14.2. The van der Waals surface area contributed by atoms with Gasteiger partial charge in [-0.1, -0.05) is 6.92 Å². The molecule has 1 rings (SSSR count). The Morgan fingerprint density at radius 3 is 2.62 bits per heavy atom. The second kappa shape index (κ2) is 7.56. The van der Waals surface area contributed by atoms with Gasteiger partial charge in [-0.25, -0.2) is 0 Å². The van der Waals surface area contributed by atoms with E-state index in [4.69, 9.17) is 4.74 Å². The highest BCUT2D eigenvalue weighted by molar-refractivity contribution is 5.78. The summed E-state index contributed by atoms with van der Waals surface area (Å²) in [6.07, 6.45) is 2.15. The van der Waals surface area contributed by atoms with Crippen molar-refractivity contribution in [3.63, 3.8) is 0 Å². The number of aliphatic carboxylic acids is 1. The first kappa shape index (κ1) is 18.4. The van der Waals surface area contributed by atoms with Crippen LogP contribution in [0, 0.1) is 0 Å². The molecule has 1 aliphatic heterocycles. The minimum Gasteiger partial charge on any atom is -0.480 e. The van der Waals surface area contributed by atoms with E-state index in [1.807, 2.05) is 20.8 Å². The van der Waals surface area contributed by atoms with Gasteiger partial charge < -0.3 is 9.84 Å². The summed E-state index contributed by atoms with van der Waals surface area (Å²) in [5, 5.41) is 12.9. The topological polar surface area (TPSA) is 61.8 Å². The number of hydrogen-bond donors (Lipinski definition) is 2. The lowest BCUT2D eigenvalue weighted by Crippen LogP contribution is -2.55. The van der Waals surface area contributed by atoms with Gasteiger partial charge in [0.25, 0.3) is 0 Å². The number of carboxylic acids is 1. The van der Waals surface area contributed by atoms with Gasteiger partial charge in [0, 0.05) is 19.1 Å². The summed E-state index contributed by atoms with van der Waals surface area (Å²) in [6.45, 7) is 13.7. The first-order valence-electron chi connectivity index (χ1n) is 8.08. The van der Waals surface area contributed by atoms with Crippen molar-refractivity contribution >= 4 is 5.97 Å². The predicted octanol–water partition coefficient (Wildman–Crippen LogP) is 2.11. The van der Waals surface area contributed by atoms with Gasteiger partial charge >= 0.3 is 5.97 Å². The van der Waals surface area contributed by atoms with Crippen molar-refractivity contribution in [1.29, 1.82) is 0 Å². The summed E-state index contributed by atoms with van der Waals surface area (Å²) in [5.41, 5.74) is -0.890. The SMILES string of the molecule is CCC(CCCN1CCOC(C)(C)C1)(NC(C)C)C(=O)O. The summed E-state index contributed by atoms with van der Waals surface area (Å²) in [5.74, 6) is -0.735. The van der Waals surface area contributed by atoms with Gasteiger partial charge in [0.05, 0.1) is 12.2 Å². The lowest BCUT2D eigenvalue weighted by atomic mass is 9.89. The molecule has 1 saturated heterocycles. The van der Waals surface area contributed by atoms with Gasteiger partial charge in [-0.05, 0) is 53.5 Å². The Kier molecular flexibility index (Phi) is 6.63. The van der Waals surface area contributed by atoms with Gasteiger partial charge in [0.2, 0.25) is 0 Å². The van der Waals surface area contributed by atoms with Crippen molar-refractivity contribution in [3.8, 4) is 0 Å². The third-order valence-electron chi connectivity index (χ3n) is 4.16. The number of rotatable bonds is 8. The first-order chi connectivity index (χ1) is 9.71. The van der Waals surface area contributed by atoms with Gasteiger partial charge in [0.15, 0.2) is 0 Å². The third kappa shape index (κ3) is 5.57. The lowest BCUT2D eigenvalue weighted by molar-refractivity contribution is -0.146. The molecule has 0 saturated carbocycles. The van der Waals surface area contributed by atoms with Crippen molar-refractivity contribution < 1.29 is 14.6 Å². The van der Waals surface area contributed by atoms with Crippen LogP contribution >= 0.6 is 0 Å². The van der Waals surface area contributed by atoms with Crippen LogP contribution in [0.3, 0.4) is 0 Å². The molecule has 124 valence electrons. The molecule has 1 atom stereocenters. The third-order valence-corrected chi connectivity index (χ3v) is 4.16. The molecular weight excluding hydrogens is 268 g/mol. The Morgan fingerprint density at radius 1 is 1.48 bits per heavy atom. The smallest absolute Gasteiger partial charge is 0.323 e. The van der Waals surface area contributed by atoms with Crippen LogP contribution in [0.2, 0.25) is 0 Å². The van der Waals surface area contributed by atoms with Crippen molar-refractivity contribution in [2.24, 2.45) is 0 Å². The van der Waals surface area contributed by atoms with Crippen LogP contribution in [0.4, 0.5) is 0 Å².